The normalized spacial score (nSPS) is 30.9. The van der Waals surface area contributed by atoms with Crippen LogP contribution in [-0.2, 0) is 4.74 Å². The summed E-state index contributed by atoms with van der Waals surface area (Å²) in [5.41, 5.74) is -0.0305. The van der Waals surface area contributed by atoms with Crippen molar-refractivity contribution in [3.63, 3.8) is 0 Å². The SMILES string of the molecule is CCNC1CCC(C(C)C)CC1OC(C)(C)C. The first kappa shape index (κ1) is 15.0. The van der Waals surface area contributed by atoms with E-state index < -0.39 is 0 Å². The Kier molecular flexibility index (Phi) is 5.46. The Labute approximate surface area is 108 Å². The van der Waals surface area contributed by atoms with Crippen LogP contribution in [0.15, 0.2) is 0 Å². The van der Waals surface area contributed by atoms with E-state index in [2.05, 4.69) is 46.9 Å². The lowest BCUT2D eigenvalue weighted by Gasteiger charge is -2.41. The lowest BCUT2D eigenvalue weighted by Crippen LogP contribution is -2.48. The molecule has 0 radical (unpaired) electrons. The largest absolute Gasteiger partial charge is 0.371 e. The third-order valence-electron chi connectivity index (χ3n) is 3.75. The van der Waals surface area contributed by atoms with E-state index in [0.29, 0.717) is 12.1 Å². The maximum Gasteiger partial charge on any atom is 0.0737 e. The minimum absolute atomic E-state index is 0.0305. The van der Waals surface area contributed by atoms with Crippen molar-refractivity contribution in [2.24, 2.45) is 11.8 Å². The summed E-state index contributed by atoms with van der Waals surface area (Å²) in [4.78, 5) is 0. The van der Waals surface area contributed by atoms with Gasteiger partial charge in [-0.05, 0) is 58.4 Å². The zero-order chi connectivity index (χ0) is 13.1. The number of rotatable bonds is 4. The van der Waals surface area contributed by atoms with Gasteiger partial charge in [0.05, 0.1) is 11.7 Å². The zero-order valence-corrected chi connectivity index (χ0v) is 12.5. The molecule has 1 saturated carbocycles. The van der Waals surface area contributed by atoms with Gasteiger partial charge in [0.2, 0.25) is 0 Å². The van der Waals surface area contributed by atoms with Crippen molar-refractivity contribution >= 4 is 0 Å². The van der Waals surface area contributed by atoms with Crippen LogP contribution in [0, 0.1) is 11.8 Å². The summed E-state index contributed by atoms with van der Waals surface area (Å²) in [5, 5.41) is 3.59. The van der Waals surface area contributed by atoms with Gasteiger partial charge < -0.3 is 10.1 Å². The van der Waals surface area contributed by atoms with Gasteiger partial charge in [-0.2, -0.15) is 0 Å². The van der Waals surface area contributed by atoms with Crippen molar-refractivity contribution in [3.05, 3.63) is 0 Å². The Hall–Kier alpha value is -0.0800. The summed E-state index contributed by atoms with van der Waals surface area (Å²) in [6.45, 7) is 14.4. The molecule has 102 valence electrons. The first-order valence-corrected chi connectivity index (χ1v) is 7.24. The van der Waals surface area contributed by atoms with Crippen molar-refractivity contribution in [2.75, 3.05) is 6.54 Å². The topological polar surface area (TPSA) is 21.3 Å². The number of likely N-dealkylation sites (N-methyl/N-ethyl adjacent to an activating group) is 1. The molecule has 0 aromatic carbocycles. The van der Waals surface area contributed by atoms with Crippen molar-refractivity contribution in [1.82, 2.24) is 5.32 Å². The number of hydrogen-bond acceptors (Lipinski definition) is 2. The first-order valence-electron chi connectivity index (χ1n) is 7.24. The second-order valence-corrected chi connectivity index (χ2v) is 6.75. The molecule has 1 fully saturated rings. The van der Waals surface area contributed by atoms with Crippen LogP contribution < -0.4 is 5.32 Å². The van der Waals surface area contributed by atoms with E-state index in [0.717, 1.165) is 18.4 Å². The van der Waals surface area contributed by atoms with Gasteiger partial charge >= 0.3 is 0 Å². The fourth-order valence-electron chi connectivity index (χ4n) is 2.85. The van der Waals surface area contributed by atoms with Crippen molar-refractivity contribution in [3.8, 4) is 0 Å². The monoisotopic (exact) mass is 241 g/mol. The smallest absolute Gasteiger partial charge is 0.0737 e. The van der Waals surface area contributed by atoms with Crippen LogP contribution >= 0.6 is 0 Å². The van der Waals surface area contributed by atoms with Crippen molar-refractivity contribution in [2.45, 2.75) is 78.6 Å². The molecular formula is C15H31NO. The maximum atomic E-state index is 6.26. The highest BCUT2D eigenvalue weighted by molar-refractivity contribution is 4.88. The van der Waals surface area contributed by atoms with Gasteiger partial charge in [0.15, 0.2) is 0 Å². The van der Waals surface area contributed by atoms with Crippen LogP contribution in [0.25, 0.3) is 0 Å². The van der Waals surface area contributed by atoms with Gasteiger partial charge in [-0.25, -0.2) is 0 Å². The van der Waals surface area contributed by atoms with Crippen LogP contribution in [0.2, 0.25) is 0 Å². The van der Waals surface area contributed by atoms with Gasteiger partial charge in [-0.3, -0.25) is 0 Å². The molecule has 0 aliphatic heterocycles. The van der Waals surface area contributed by atoms with E-state index in [1.54, 1.807) is 0 Å². The van der Waals surface area contributed by atoms with Gasteiger partial charge in [-0.15, -0.1) is 0 Å². The molecule has 3 atom stereocenters. The molecule has 0 saturated heterocycles. The van der Waals surface area contributed by atoms with E-state index in [4.69, 9.17) is 4.74 Å². The molecule has 0 bridgehead atoms. The highest BCUT2D eigenvalue weighted by Crippen LogP contribution is 2.33. The second-order valence-electron chi connectivity index (χ2n) is 6.75. The summed E-state index contributed by atoms with van der Waals surface area (Å²) >= 11 is 0. The van der Waals surface area contributed by atoms with E-state index in [9.17, 15) is 0 Å². The summed E-state index contributed by atoms with van der Waals surface area (Å²) in [7, 11) is 0. The standard InChI is InChI=1S/C15H31NO/c1-7-16-13-9-8-12(11(2)3)10-14(13)17-15(4,5)6/h11-14,16H,7-10H2,1-6H3. The quantitative estimate of drug-likeness (QED) is 0.812. The lowest BCUT2D eigenvalue weighted by molar-refractivity contribution is -0.0983. The number of hydrogen-bond donors (Lipinski definition) is 1. The number of nitrogens with one attached hydrogen (secondary N) is 1. The fraction of sp³-hybridized carbons (Fsp3) is 1.00. The summed E-state index contributed by atoms with van der Waals surface area (Å²) in [5.74, 6) is 1.61. The molecule has 2 nitrogen and oxygen atoms in total. The summed E-state index contributed by atoms with van der Waals surface area (Å²) in [6.07, 6.45) is 4.21. The third-order valence-corrected chi connectivity index (χ3v) is 3.75. The van der Waals surface area contributed by atoms with E-state index in [1.165, 1.54) is 19.3 Å². The Morgan fingerprint density at radius 2 is 1.88 bits per heavy atom. The summed E-state index contributed by atoms with van der Waals surface area (Å²) < 4.78 is 6.26. The minimum Gasteiger partial charge on any atom is -0.371 e. The van der Waals surface area contributed by atoms with Crippen LogP contribution in [-0.4, -0.2) is 24.3 Å². The zero-order valence-electron chi connectivity index (χ0n) is 12.5. The Bertz CT molecular complexity index is 219. The molecule has 1 aliphatic carbocycles. The van der Waals surface area contributed by atoms with Gasteiger partial charge in [0.1, 0.15) is 0 Å². The van der Waals surface area contributed by atoms with Crippen LogP contribution in [0.4, 0.5) is 0 Å². The highest BCUT2D eigenvalue weighted by Gasteiger charge is 2.34. The molecule has 2 heteroatoms. The molecule has 1 aliphatic rings. The molecule has 0 spiro atoms. The third kappa shape index (κ3) is 4.97. The van der Waals surface area contributed by atoms with Crippen molar-refractivity contribution in [1.29, 1.82) is 0 Å². The minimum atomic E-state index is -0.0305. The van der Waals surface area contributed by atoms with E-state index in [-0.39, 0.29) is 5.60 Å². The fourth-order valence-corrected chi connectivity index (χ4v) is 2.85. The van der Waals surface area contributed by atoms with E-state index in [1.807, 2.05) is 0 Å². The lowest BCUT2D eigenvalue weighted by atomic mass is 9.78. The molecule has 1 N–H and O–H groups in total. The molecule has 1 rings (SSSR count). The van der Waals surface area contributed by atoms with Crippen LogP contribution in [0.1, 0.15) is 60.8 Å². The predicted octanol–water partition coefficient (Wildman–Crippen LogP) is 3.60. The van der Waals surface area contributed by atoms with Crippen molar-refractivity contribution < 1.29 is 4.74 Å². The molecule has 0 heterocycles. The molecule has 0 amide bonds. The molecule has 0 aromatic heterocycles. The van der Waals surface area contributed by atoms with Crippen LogP contribution in [0.3, 0.4) is 0 Å². The summed E-state index contributed by atoms with van der Waals surface area (Å²) in [6, 6.07) is 0.550. The average molecular weight is 241 g/mol. The first-order chi connectivity index (χ1) is 7.83. The van der Waals surface area contributed by atoms with Crippen LogP contribution in [0.5, 0.6) is 0 Å². The Morgan fingerprint density at radius 1 is 1.24 bits per heavy atom. The Balaban J connectivity index is 2.62. The second kappa shape index (κ2) is 6.19. The molecule has 0 aromatic rings. The Morgan fingerprint density at radius 3 is 2.35 bits per heavy atom. The molecule has 3 unspecified atom stereocenters. The highest BCUT2D eigenvalue weighted by atomic mass is 16.5. The maximum absolute atomic E-state index is 6.26. The van der Waals surface area contributed by atoms with Gasteiger partial charge in [0, 0.05) is 6.04 Å². The number of ether oxygens (including phenoxy) is 1. The molecule has 17 heavy (non-hydrogen) atoms. The van der Waals surface area contributed by atoms with E-state index >= 15 is 0 Å². The van der Waals surface area contributed by atoms with Gasteiger partial charge in [0.25, 0.3) is 0 Å². The molecular weight excluding hydrogens is 210 g/mol. The average Bonchev–Trinajstić information content (AvgIpc) is 2.18. The van der Waals surface area contributed by atoms with Gasteiger partial charge in [-0.1, -0.05) is 20.8 Å². The predicted molar refractivity (Wildman–Crippen MR) is 74.3 cm³/mol.